The molecule has 2 aromatic heterocycles. The molecule has 106 valence electrons. The average Bonchev–Trinajstić information content (AvgIpc) is 3.03. The van der Waals surface area contributed by atoms with Crippen LogP contribution in [-0.4, -0.2) is 24.1 Å². The van der Waals surface area contributed by atoms with Gasteiger partial charge in [0.2, 0.25) is 0 Å². The third-order valence-corrected chi connectivity index (χ3v) is 3.98. The molecular weight excluding hydrogens is 250 g/mol. The maximum absolute atomic E-state index is 5.45. The molecule has 1 atom stereocenters. The Kier molecular flexibility index (Phi) is 4.02. The van der Waals surface area contributed by atoms with Crippen molar-refractivity contribution in [2.45, 2.75) is 31.8 Å². The lowest BCUT2D eigenvalue weighted by Crippen LogP contribution is -2.43. The van der Waals surface area contributed by atoms with Crippen molar-refractivity contribution < 1.29 is 4.42 Å². The van der Waals surface area contributed by atoms with E-state index in [1.54, 1.807) is 6.26 Å². The lowest BCUT2D eigenvalue weighted by molar-refractivity contribution is 0.347. The summed E-state index contributed by atoms with van der Waals surface area (Å²) in [6.45, 7) is 4.34. The molecule has 2 aromatic rings. The molecule has 3 heterocycles. The minimum Gasteiger partial charge on any atom is -0.468 e. The van der Waals surface area contributed by atoms with Gasteiger partial charge in [-0.25, -0.2) is 0 Å². The van der Waals surface area contributed by atoms with Gasteiger partial charge < -0.3 is 14.6 Å². The zero-order chi connectivity index (χ0) is 13.8. The van der Waals surface area contributed by atoms with Crippen LogP contribution in [0.1, 0.15) is 31.6 Å². The van der Waals surface area contributed by atoms with Gasteiger partial charge in [0.25, 0.3) is 0 Å². The molecule has 1 fully saturated rings. The van der Waals surface area contributed by atoms with Gasteiger partial charge in [-0.1, -0.05) is 0 Å². The van der Waals surface area contributed by atoms with Crippen LogP contribution in [-0.2, 0) is 0 Å². The van der Waals surface area contributed by atoms with Crippen LogP contribution in [0.15, 0.2) is 47.3 Å². The fraction of sp³-hybridized carbons (Fsp3) is 0.438. The van der Waals surface area contributed by atoms with Crippen LogP contribution in [0.4, 0.5) is 5.69 Å². The molecule has 4 heteroatoms. The molecular formula is C16H21N3O. The molecule has 3 rings (SSSR count). The Labute approximate surface area is 119 Å². The van der Waals surface area contributed by atoms with Crippen LogP contribution >= 0.6 is 0 Å². The first kappa shape index (κ1) is 13.2. The first-order valence-electron chi connectivity index (χ1n) is 7.27. The van der Waals surface area contributed by atoms with Gasteiger partial charge in [0.1, 0.15) is 5.76 Å². The molecule has 20 heavy (non-hydrogen) atoms. The van der Waals surface area contributed by atoms with E-state index in [1.807, 2.05) is 24.5 Å². The lowest BCUT2D eigenvalue weighted by atomic mass is 10.0. The van der Waals surface area contributed by atoms with E-state index in [2.05, 4.69) is 34.3 Å². The van der Waals surface area contributed by atoms with Crippen molar-refractivity contribution in [3.63, 3.8) is 0 Å². The molecule has 0 bridgehead atoms. The van der Waals surface area contributed by atoms with Gasteiger partial charge >= 0.3 is 0 Å². The van der Waals surface area contributed by atoms with Crippen molar-refractivity contribution in [2.24, 2.45) is 0 Å². The number of pyridine rings is 1. The van der Waals surface area contributed by atoms with Gasteiger partial charge in [-0.15, -0.1) is 0 Å². The van der Waals surface area contributed by atoms with E-state index >= 15 is 0 Å². The molecule has 0 radical (unpaired) electrons. The SMILES string of the molecule is C[C@H](NC1CCN(c2ccncc2)CC1)c1ccco1. The van der Waals surface area contributed by atoms with Gasteiger partial charge in [0.15, 0.2) is 0 Å². The van der Waals surface area contributed by atoms with Gasteiger partial charge in [-0.2, -0.15) is 0 Å². The van der Waals surface area contributed by atoms with E-state index in [4.69, 9.17) is 4.42 Å². The molecule has 0 unspecified atom stereocenters. The fourth-order valence-electron chi connectivity index (χ4n) is 2.83. The molecule has 0 aromatic carbocycles. The highest BCUT2D eigenvalue weighted by Crippen LogP contribution is 2.21. The summed E-state index contributed by atoms with van der Waals surface area (Å²) in [5, 5.41) is 3.66. The first-order chi connectivity index (χ1) is 9.83. The zero-order valence-corrected chi connectivity index (χ0v) is 11.8. The average molecular weight is 271 g/mol. The number of hydrogen-bond acceptors (Lipinski definition) is 4. The Balaban J connectivity index is 1.51. The van der Waals surface area contributed by atoms with Crippen LogP contribution in [0.3, 0.4) is 0 Å². The van der Waals surface area contributed by atoms with Crippen LogP contribution in [0.25, 0.3) is 0 Å². The van der Waals surface area contributed by atoms with Crippen LogP contribution < -0.4 is 10.2 Å². The van der Waals surface area contributed by atoms with E-state index in [9.17, 15) is 0 Å². The minimum atomic E-state index is 0.280. The highest BCUT2D eigenvalue weighted by atomic mass is 16.3. The number of aromatic nitrogens is 1. The second-order valence-electron chi connectivity index (χ2n) is 5.37. The van der Waals surface area contributed by atoms with Crippen molar-refractivity contribution in [3.05, 3.63) is 48.7 Å². The van der Waals surface area contributed by atoms with E-state index < -0.39 is 0 Å². The smallest absolute Gasteiger partial charge is 0.120 e. The number of anilines is 1. The summed E-state index contributed by atoms with van der Waals surface area (Å²) in [5.41, 5.74) is 1.28. The molecule has 1 aliphatic rings. The third-order valence-electron chi connectivity index (χ3n) is 3.98. The van der Waals surface area contributed by atoms with Crippen molar-refractivity contribution in [1.29, 1.82) is 0 Å². The predicted octanol–water partition coefficient (Wildman–Crippen LogP) is 2.99. The van der Waals surface area contributed by atoms with Gasteiger partial charge in [-0.3, -0.25) is 4.98 Å². The summed E-state index contributed by atoms with van der Waals surface area (Å²) < 4.78 is 5.45. The number of nitrogens with one attached hydrogen (secondary N) is 1. The summed E-state index contributed by atoms with van der Waals surface area (Å²) in [6.07, 6.45) is 7.78. The summed E-state index contributed by atoms with van der Waals surface area (Å²) in [5.74, 6) is 1.02. The van der Waals surface area contributed by atoms with E-state index in [0.29, 0.717) is 6.04 Å². The monoisotopic (exact) mass is 271 g/mol. The third kappa shape index (κ3) is 3.02. The van der Waals surface area contributed by atoms with E-state index in [0.717, 1.165) is 31.7 Å². The summed E-state index contributed by atoms with van der Waals surface area (Å²) in [4.78, 5) is 6.50. The quantitative estimate of drug-likeness (QED) is 0.928. The molecule has 1 aliphatic heterocycles. The Morgan fingerprint density at radius 1 is 1.25 bits per heavy atom. The molecule has 0 aliphatic carbocycles. The predicted molar refractivity (Wildman–Crippen MR) is 79.7 cm³/mol. The van der Waals surface area contributed by atoms with Crippen molar-refractivity contribution in [2.75, 3.05) is 18.0 Å². The van der Waals surface area contributed by atoms with E-state index in [1.165, 1.54) is 5.69 Å². The Morgan fingerprint density at radius 2 is 2.00 bits per heavy atom. The second-order valence-corrected chi connectivity index (χ2v) is 5.37. The maximum Gasteiger partial charge on any atom is 0.120 e. The Hall–Kier alpha value is -1.81. The number of nitrogens with zero attached hydrogens (tertiary/aromatic N) is 2. The molecule has 1 N–H and O–H groups in total. The normalized spacial score (nSPS) is 18.1. The Morgan fingerprint density at radius 3 is 2.65 bits per heavy atom. The van der Waals surface area contributed by atoms with Crippen LogP contribution in [0, 0.1) is 0 Å². The first-order valence-corrected chi connectivity index (χ1v) is 7.27. The van der Waals surface area contributed by atoms with Crippen LogP contribution in [0.2, 0.25) is 0 Å². The highest BCUT2D eigenvalue weighted by Gasteiger charge is 2.21. The van der Waals surface area contributed by atoms with Crippen LogP contribution in [0.5, 0.6) is 0 Å². The van der Waals surface area contributed by atoms with Gasteiger partial charge in [0, 0.05) is 37.2 Å². The summed E-state index contributed by atoms with van der Waals surface area (Å²) in [6, 6.07) is 8.98. The fourth-order valence-corrected chi connectivity index (χ4v) is 2.83. The topological polar surface area (TPSA) is 41.3 Å². The molecule has 0 amide bonds. The van der Waals surface area contributed by atoms with Gasteiger partial charge in [0.05, 0.1) is 12.3 Å². The number of furan rings is 1. The molecule has 1 saturated heterocycles. The largest absolute Gasteiger partial charge is 0.468 e. The molecule has 0 saturated carbocycles. The summed E-state index contributed by atoms with van der Waals surface area (Å²) in [7, 11) is 0. The molecule has 4 nitrogen and oxygen atoms in total. The van der Waals surface area contributed by atoms with E-state index in [-0.39, 0.29) is 6.04 Å². The number of hydrogen-bond donors (Lipinski definition) is 1. The van der Waals surface area contributed by atoms with Crippen molar-refractivity contribution in [1.82, 2.24) is 10.3 Å². The van der Waals surface area contributed by atoms with Crippen molar-refractivity contribution >= 4 is 5.69 Å². The summed E-state index contributed by atoms with van der Waals surface area (Å²) >= 11 is 0. The van der Waals surface area contributed by atoms with Gasteiger partial charge in [-0.05, 0) is 44.0 Å². The standard InChI is InChI=1S/C16H21N3O/c1-13(16-3-2-12-20-16)18-14-6-10-19(11-7-14)15-4-8-17-9-5-15/h2-5,8-9,12-14,18H,6-7,10-11H2,1H3/t13-/m0/s1. The molecule has 0 spiro atoms. The lowest BCUT2D eigenvalue weighted by Gasteiger charge is -2.35. The second kappa shape index (κ2) is 6.09. The Bertz CT molecular complexity index is 504. The zero-order valence-electron chi connectivity index (χ0n) is 11.8. The maximum atomic E-state index is 5.45. The van der Waals surface area contributed by atoms with Crippen molar-refractivity contribution in [3.8, 4) is 0 Å². The minimum absolute atomic E-state index is 0.280. The number of piperidine rings is 1. The highest BCUT2D eigenvalue weighted by molar-refractivity contribution is 5.44. The number of rotatable bonds is 4.